The van der Waals surface area contributed by atoms with E-state index in [2.05, 4.69) is 19.9 Å². The first-order valence-electron chi connectivity index (χ1n) is 6.83. The lowest BCUT2D eigenvalue weighted by atomic mass is 10.2. The van der Waals surface area contributed by atoms with Crippen molar-refractivity contribution in [3.05, 3.63) is 83.6 Å². The van der Waals surface area contributed by atoms with Crippen LogP contribution >= 0.6 is 0 Å². The second-order valence-corrected chi connectivity index (χ2v) is 4.87. The number of rotatable bonds is 7. The number of hydrogen-bond acceptors (Lipinski definition) is 1. The number of hydrogen-bond donors (Lipinski definition) is 1. The van der Waals surface area contributed by atoms with Crippen LogP contribution in [0.4, 0.5) is 0 Å². The number of carboxylic acid groups (broad SMARTS) is 1. The molecule has 1 N–H and O–H groups in total. The van der Waals surface area contributed by atoms with Crippen LogP contribution < -0.4 is 0 Å². The van der Waals surface area contributed by atoms with Crippen molar-refractivity contribution in [2.24, 2.45) is 0 Å². The van der Waals surface area contributed by atoms with Gasteiger partial charge in [-0.1, -0.05) is 71.9 Å². The van der Waals surface area contributed by atoms with E-state index in [0.717, 1.165) is 5.57 Å². The Hall–Kier alpha value is -2.35. The van der Waals surface area contributed by atoms with Crippen molar-refractivity contribution in [2.45, 2.75) is 27.7 Å². The molecular weight excluding hydrogens is 260 g/mol. The third-order valence-corrected chi connectivity index (χ3v) is 2.30. The molecule has 0 aromatic heterocycles. The predicted molar refractivity (Wildman–Crippen MR) is 91.1 cm³/mol. The van der Waals surface area contributed by atoms with Crippen molar-refractivity contribution < 1.29 is 9.90 Å². The summed E-state index contributed by atoms with van der Waals surface area (Å²) in [5, 5.41) is 8.57. The van der Waals surface area contributed by atoms with E-state index < -0.39 is 5.97 Å². The van der Waals surface area contributed by atoms with Crippen LogP contribution in [0.5, 0.6) is 0 Å². The maximum Gasteiger partial charge on any atom is 0.328 e. The van der Waals surface area contributed by atoms with Crippen molar-refractivity contribution in [1.82, 2.24) is 0 Å². The van der Waals surface area contributed by atoms with E-state index in [0.29, 0.717) is 5.57 Å². The first-order valence-corrected chi connectivity index (χ1v) is 6.83. The van der Waals surface area contributed by atoms with Crippen molar-refractivity contribution in [2.75, 3.05) is 0 Å². The quantitative estimate of drug-likeness (QED) is 0.518. The molecule has 0 aliphatic rings. The van der Waals surface area contributed by atoms with Gasteiger partial charge in [0.25, 0.3) is 0 Å². The normalized spacial score (nSPS) is 13.9. The largest absolute Gasteiger partial charge is 0.478 e. The van der Waals surface area contributed by atoms with Gasteiger partial charge in [-0.05, 0) is 33.3 Å². The molecule has 0 aromatic carbocycles. The molecule has 0 heterocycles. The van der Waals surface area contributed by atoms with Crippen LogP contribution in [0, 0.1) is 0 Å². The molecule has 0 fully saturated rings. The zero-order valence-electron chi connectivity index (χ0n) is 13.2. The Morgan fingerprint density at radius 3 is 1.90 bits per heavy atom. The number of carboxylic acids is 1. The van der Waals surface area contributed by atoms with Gasteiger partial charge >= 0.3 is 5.97 Å². The summed E-state index contributed by atoms with van der Waals surface area (Å²) in [5.41, 5.74) is 3.07. The Labute approximate surface area is 127 Å². The van der Waals surface area contributed by atoms with E-state index in [4.69, 9.17) is 5.11 Å². The van der Waals surface area contributed by atoms with Crippen molar-refractivity contribution in [3.8, 4) is 0 Å². The second kappa shape index (κ2) is 11.5. The van der Waals surface area contributed by atoms with Gasteiger partial charge in [0.2, 0.25) is 0 Å². The Balaban J connectivity index is 4.36. The molecule has 0 bridgehead atoms. The molecule has 0 amide bonds. The van der Waals surface area contributed by atoms with Gasteiger partial charge < -0.3 is 5.11 Å². The molecule has 0 unspecified atom stereocenters. The monoisotopic (exact) mass is 284 g/mol. The fourth-order valence-electron chi connectivity index (χ4n) is 1.30. The van der Waals surface area contributed by atoms with Crippen LogP contribution in [-0.2, 0) is 4.79 Å². The fourth-order valence-corrected chi connectivity index (χ4v) is 1.30. The molecule has 21 heavy (non-hydrogen) atoms. The van der Waals surface area contributed by atoms with E-state index in [1.807, 2.05) is 55.5 Å². The summed E-state index contributed by atoms with van der Waals surface area (Å²) in [7, 11) is 0. The number of aliphatic carboxylic acids is 1. The molecule has 0 aromatic rings. The van der Waals surface area contributed by atoms with Gasteiger partial charge in [0.15, 0.2) is 0 Å². The molecule has 0 aliphatic carbocycles. The second-order valence-electron chi connectivity index (χ2n) is 4.87. The van der Waals surface area contributed by atoms with Crippen LogP contribution in [0.3, 0.4) is 0 Å². The summed E-state index contributed by atoms with van der Waals surface area (Å²) < 4.78 is 0. The van der Waals surface area contributed by atoms with Gasteiger partial charge in [0, 0.05) is 6.08 Å². The van der Waals surface area contributed by atoms with Crippen LogP contribution in [0.25, 0.3) is 0 Å². The van der Waals surface area contributed by atoms with Gasteiger partial charge in [-0.25, -0.2) is 4.79 Å². The van der Waals surface area contributed by atoms with Gasteiger partial charge in [0.05, 0.1) is 0 Å². The minimum Gasteiger partial charge on any atom is -0.478 e. The van der Waals surface area contributed by atoms with Gasteiger partial charge in [0.1, 0.15) is 0 Å². The SMILES string of the molecule is CC(C)=C\C=C/C=C/C=C/C(C)=C/C=C/C(C)=C/C(=O)O. The summed E-state index contributed by atoms with van der Waals surface area (Å²) in [4.78, 5) is 10.4. The summed E-state index contributed by atoms with van der Waals surface area (Å²) in [6, 6.07) is 0. The highest BCUT2D eigenvalue weighted by atomic mass is 16.4. The lowest BCUT2D eigenvalue weighted by molar-refractivity contribution is -0.131. The Kier molecular flexibility index (Phi) is 10.2. The van der Waals surface area contributed by atoms with E-state index >= 15 is 0 Å². The highest BCUT2D eigenvalue weighted by Gasteiger charge is 1.87. The first-order chi connectivity index (χ1) is 9.91. The van der Waals surface area contributed by atoms with Gasteiger partial charge in [-0.15, -0.1) is 0 Å². The summed E-state index contributed by atoms with van der Waals surface area (Å²) >= 11 is 0. The van der Waals surface area contributed by atoms with Crippen LogP contribution in [0.2, 0.25) is 0 Å². The zero-order chi connectivity index (χ0) is 16.1. The molecule has 0 aliphatic heterocycles. The summed E-state index contributed by atoms with van der Waals surface area (Å²) in [6.07, 6.45) is 20.6. The number of allylic oxidation sites excluding steroid dienone is 13. The van der Waals surface area contributed by atoms with Crippen LogP contribution in [0.15, 0.2) is 83.6 Å². The molecule has 2 heteroatoms. The summed E-state index contributed by atoms with van der Waals surface area (Å²) in [5.74, 6) is -0.927. The molecule has 0 atom stereocenters. The lowest BCUT2D eigenvalue weighted by Crippen LogP contribution is -1.87. The highest BCUT2D eigenvalue weighted by molar-refractivity contribution is 5.81. The van der Waals surface area contributed by atoms with E-state index in [9.17, 15) is 4.79 Å². The molecule has 0 saturated heterocycles. The van der Waals surface area contributed by atoms with E-state index in [1.54, 1.807) is 13.0 Å². The molecule has 112 valence electrons. The fraction of sp³-hybridized carbons (Fsp3) is 0.211. The maximum absolute atomic E-state index is 10.4. The lowest BCUT2D eigenvalue weighted by Gasteiger charge is -1.89. The van der Waals surface area contributed by atoms with Gasteiger partial charge in [-0.3, -0.25) is 0 Å². The third-order valence-electron chi connectivity index (χ3n) is 2.30. The molecule has 2 nitrogen and oxygen atoms in total. The minimum atomic E-state index is -0.927. The number of carbonyl (C=O) groups is 1. The van der Waals surface area contributed by atoms with Crippen LogP contribution in [0.1, 0.15) is 27.7 Å². The average molecular weight is 284 g/mol. The standard InChI is InChI=1S/C19H24O2/c1-16(2)11-8-6-5-7-9-12-17(3)13-10-14-18(4)15-19(20)21/h5-15H,1-4H3,(H,20,21)/b7-5+,8-6-,12-9+,14-10+,17-13+,18-15+. The molecule has 0 rings (SSSR count). The zero-order valence-corrected chi connectivity index (χ0v) is 13.2. The Morgan fingerprint density at radius 2 is 1.29 bits per heavy atom. The average Bonchev–Trinajstić information content (AvgIpc) is 2.36. The minimum absolute atomic E-state index is 0.708. The first kappa shape index (κ1) is 18.7. The molecule has 0 spiro atoms. The molecule has 0 radical (unpaired) electrons. The van der Waals surface area contributed by atoms with E-state index in [-0.39, 0.29) is 0 Å². The Bertz CT molecular complexity index is 532. The maximum atomic E-state index is 10.4. The third kappa shape index (κ3) is 13.9. The van der Waals surface area contributed by atoms with Gasteiger partial charge in [-0.2, -0.15) is 0 Å². The van der Waals surface area contributed by atoms with Crippen molar-refractivity contribution in [1.29, 1.82) is 0 Å². The summed E-state index contributed by atoms with van der Waals surface area (Å²) in [6.45, 7) is 7.86. The molecule has 0 saturated carbocycles. The van der Waals surface area contributed by atoms with E-state index in [1.165, 1.54) is 11.6 Å². The Morgan fingerprint density at radius 1 is 0.714 bits per heavy atom. The van der Waals surface area contributed by atoms with Crippen molar-refractivity contribution in [3.63, 3.8) is 0 Å². The topological polar surface area (TPSA) is 37.3 Å². The predicted octanol–water partition coefficient (Wildman–Crippen LogP) is 5.15. The molecular formula is C19H24O2. The highest BCUT2D eigenvalue weighted by Crippen LogP contribution is 1.99. The smallest absolute Gasteiger partial charge is 0.328 e. The van der Waals surface area contributed by atoms with Crippen LogP contribution in [-0.4, -0.2) is 11.1 Å². The van der Waals surface area contributed by atoms with Crippen molar-refractivity contribution >= 4 is 5.97 Å².